The van der Waals surface area contributed by atoms with E-state index in [1.165, 1.54) is 6.07 Å². The second-order valence-electron chi connectivity index (χ2n) is 13.4. The molecule has 0 aliphatic carbocycles. The molecule has 1 saturated heterocycles. The number of amides is 1. The number of aryl methyl sites for hydroxylation is 1. The Morgan fingerprint density at radius 3 is 2.54 bits per heavy atom. The van der Waals surface area contributed by atoms with E-state index in [4.69, 9.17) is 19.2 Å². The van der Waals surface area contributed by atoms with Crippen LogP contribution >= 0.6 is 0 Å². The van der Waals surface area contributed by atoms with Gasteiger partial charge in [-0.3, -0.25) is 4.79 Å². The van der Waals surface area contributed by atoms with Crippen LogP contribution in [0.4, 0.5) is 15.0 Å². The third-order valence-corrected chi connectivity index (χ3v) is 8.98. The summed E-state index contributed by atoms with van der Waals surface area (Å²) < 4.78 is 32.7. The molecule has 2 aromatic carbocycles. The molecule has 9 nitrogen and oxygen atoms in total. The molecule has 246 valence electrons. The van der Waals surface area contributed by atoms with Crippen molar-refractivity contribution in [2.24, 2.45) is 5.41 Å². The summed E-state index contributed by atoms with van der Waals surface area (Å²) in [7, 11) is 1.58. The average molecular weight is 634 g/mol. The molecule has 0 unspecified atom stereocenters. The largest absolute Gasteiger partial charge is 0.488 e. The number of carboxylic acids is 1. The Hall–Kier alpha value is -4.18. The average Bonchev–Trinajstić information content (AvgIpc) is 3.18. The Morgan fingerprint density at radius 2 is 1.83 bits per heavy atom. The van der Waals surface area contributed by atoms with E-state index in [-0.39, 0.29) is 31.2 Å². The molecule has 0 bridgehead atoms. The number of aliphatic carboxylic acids is 1. The third kappa shape index (κ3) is 6.97. The maximum atomic E-state index is 15.4. The smallest absolute Gasteiger partial charge is 0.410 e. The molecule has 46 heavy (non-hydrogen) atoms. The zero-order chi connectivity index (χ0) is 33.2. The van der Waals surface area contributed by atoms with Gasteiger partial charge in [-0.1, -0.05) is 24.3 Å². The predicted octanol–water partition coefficient (Wildman–Crippen LogP) is 6.43. The first-order valence-electron chi connectivity index (χ1n) is 15.8. The number of hydrogen-bond donors (Lipinski definition) is 1. The lowest BCUT2D eigenvalue weighted by Crippen LogP contribution is -2.46. The molecule has 1 amide bonds. The SMILES string of the molecule is COC[C@H]1N(c2cccc(-c3cccc(C)c3OCc3cc(F)c4c(c3)CCN(C(=O)OC(C)(C)C)CC4)n2)CC[C@@]1(C)C(=O)O. The predicted molar refractivity (Wildman–Crippen MR) is 174 cm³/mol. The zero-order valence-electron chi connectivity index (χ0n) is 27.6. The van der Waals surface area contributed by atoms with Crippen LogP contribution in [0.1, 0.15) is 56.4 Å². The molecule has 0 spiro atoms. The van der Waals surface area contributed by atoms with Crippen molar-refractivity contribution in [3.8, 4) is 17.0 Å². The van der Waals surface area contributed by atoms with Crippen molar-refractivity contribution >= 4 is 17.9 Å². The van der Waals surface area contributed by atoms with E-state index in [1.54, 1.807) is 18.9 Å². The Balaban J connectivity index is 1.36. The number of hydrogen-bond acceptors (Lipinski definition) is 7. The number of ether oxygens (including phenoxy) is 3. The van der Waals surface area contributed by atoms with Crippen LogP contribution in [0.3, 0.4) is 0 Å². The van der Waals surface area contributed by atoms with Crippen molar-refractivity contribution in [1.29, 1.82) is 0 Å². The molecule has 2 aliphatic rings. The Bertz CT molecular complexity index is 1610. The van der Waals surface area contributed by atoms with Crippen LogP contribution < -0.4 is 9.64 Å². The number of benzene rings is 2. The molecule has 2 aliphatic heterocycles. The van der Waals surface area contributed by atoms with Crippen molar-refractivity contribution in [2.75, 3.05) is 38.3 Å². The second-order valence-corrected chi connectivity index (χ2v) is 13.4. The normalized spacial score (nSPS) is 19.8. The molecule has 0 radical (unpaired) electrons. The zero-order valence-corrected chi connectivity index (χ0v) is 27.6. The number of carboxylic acid groups (broad SMARTS) is 1. The summed E-state index contributed by atoms with van der Waals surface area (Å²) >= 11 is 0. The number of fused-ring (bicyclic) bond motifs is 1. The minimum Gasteiger partial charge on any atom is -0.488 e. The summed E-state index contributed by atoms with van der Waals surface area (Å²) in [5.41, 5.74) is 3.02. The van der Waals surface area contributed by atoms with Crippen molar-refractivity contribution in [2.45, 2.75) is 72.1 Å². The maximum absolute atomic E-state index is 15.4. The van der Waals surface area contributed by atoms with Gasteiger partial charge < -0.3 is 29.1 Å². The van der Waals surface area contributed by atoms with Crippen molar-refractivity contribution in [3.05, 3.63) is 76.6 Å². The van der Waals surface area contributed by atoms with Crippen molar-refractivity contribution in [1.82, 2.24) is 9.88 Å². The van der Waals surface area contributed by atoms with Crippen molar-refractivity contribution in [3.63, 3.8) is 0 Å². The van der Waals surface area contributed by atoms with Gasteiger partial charge in [-0.25, -0.2) is 14.2 Å². The number of rotatable bonds is 8. The van der Waals surface area contributed by atoms with E-state index in [1.807, 2.05) is 75.1 Å². The Morgan fingerprint density at radius 1 is 1.09 bits per heavy atom. The van der Waals surface area contributed by atoms with Crippen LogP contribution in [0.15, 0.2) is 48.5 Å². The summed E-state index contributed by atoms with van der Waals surface area (Å²) in [6.07, 6.45) is 1.04. The number of anilines is 1. The molecule has 1 fully saturated rings. The number of methoxy groups -OCH3 is 1. The lowest BCUT2D eigenvalue weighted by molar-refractivity contribution is -0.148. The number of halogens is 1. The topological polar surface area (TPSA) is 101 Å². The van der Waals surface area contributed by atoms with E-state index in [0.717, 1.165) is 16.7 Å². The summed E-state index contributed by atoms with van der Waals surface area (Å²) in [5.74, 6) is 0.164. The quantitative estimate of drug-likeness (QED) is 0.303. The highest BCUT2D eigenvalue weighted by molar-refractivity contribution is 5.77. The number of carbonyl (C=O) groups is 2. The first-order valence-corrected chi connectivity index (χ1v) is 15.8. The summed E-state index contributed by atoms with van der Waals surface area (Å²) in [6.45, 7) is 11.0. The number of pyridine rings is 1. The van der Waals surface area contributed by atoms with E-state index < -0.39 is 17.0 Å². The van der Waals surface area contributed by atoms with Gasteiger partial charge in [0, 0.05) is 32.3 Å². The minimum absolute atomic E-state index is 0.149. The lowest BCUT2D eigenvalue weighted by Gasteiger charge is -2.32. The van der Waals surface area contributed by atoms with Gasteiger partial charge in [0.15, 0.2) is 0 Å². The van der Waals surface area contributed by atoms with Gasteiger partial charge in [-0.05, 0) is 100 Å². The molecule has 2 atom stereocenters. The number of nitrogens with zero attached hydrogens (tertiary/aromatic N) is 3. The van der Waals surface area contributed by atoms with Gasteiger partial charge in [0.2, 0.25) is 0 Å². The summed E-state index contributed by atoms with van der Waals surface area (Å²) in [4.78, 5) is 33.5. The van der Waals surface area contributed by atoms with Crippen LogP contribution in [-0.4, -0.2) is 72.0 Å². The number of carbonyl (C=O) groups excluding carboxylic acids is 1. The molecular formula is C36H44FN3O6. The van der Waals surface area contributed by atoms with Gasteiger partial charge >= 0.3 is 12.1 Å². The maximum Gasteiger partial charge on any atom is 0.410 e. The first-order chi connectivity index (χ1) is 21.8. The van der Waals surface area contributed by atoms with E-state index in [2.05, 4.69) is 0 Å². The molecule has 1 N–H and O–H groups in total. The van der Waals surface area contributed by atoms with Crippen LogP contribution in [0.25, 0.3) is 11.3 Å². The first kappa shape index (κ1) is 33.2. The number of aromatic nitrogens is 1. The summed E-state index contributed by atoms with van der Waals surface area (Å²) in [6, 6.07) is 14.7. The molecule has 3 aromatic rings. The van der Waals surface area contributed by atoms with Gasteiger partial charge in [0.1, 0.15) is 29.6 Å². The highest BCUT2D eigenvalue weighted by Crippen LogP contribution is 2.40. The van der Waals surface area contributed by atoms with Crippen LogP contribution in [0, 0.1) is 18.2 Å². The van der Waals surface area contributed by atoms with Gasteiger partial charge in [0.25, 0.3) is 0 Å². The Labute approximate surface area is 270 Å². The van der Waals surface area contributed by atoms with Gasteiger partial charge in [0.05, 0.1) is 23.8 Å². The van der Waals surface area contributed by atoms with E-state index in [0.29, 0.717) is 67.3 Å². The fourth-order valence-corrected chi connectivity index (χ4v) is 6.37. The molecular weight excluding hydrogens is 589 g/mol. The monoisotopic (exact) mass is 633 g/mol. The third-order valence-electron chi connectivity index (χ3n) is 8.98. The highest BCUT2D eigenvalue weighted by atomic mass is 19.1. The molecule has 1 aromatic heterocycles. The van der Waals surface area contributed by atoms with Crippen LogP contribution in [0.5, 0.6) is 5.75 Å². The van der Waals surface area contributed by atoms with Gasteiger partial charge in [-0.2, -0.15) is 0 Å². The standard InChI is InChI=1S/C36H44FN3O6/c1-23-9-7-10-27(29-11-8-12-31(38-29)40-18-15-36(5,33(41)42)30(40)22-44-6)32(23)45-21-24-19-25-13-16-39(34(43)46-35(2,3)4)17-14-26(25)28(37)20-24/h7-12,19-20,30H,13-18,21-22H2,1-6H3,(H,41,42)/t30-,36-/m1/s1. The fourth-order valence-electron chi connectivity index (χ4n) is 6.37. The summed E-state index contributed by atoms with van der Waals surface area (Å²) in [5, 5.41) is 9.99. The molecule has 10 heteroatoms. The minimum atomic E-state index is -0.956. The van der Waals surface area contributed by atoms with E-state index in [9.17, 15) is 14.7 Å². The second kappa shape index (κ2) is 13.3. The van der Waals surface area contributed by atoms with Crippen LogP contribution in [0.2, 0.25) is 0 Å². The number of para-hydroxylation sites is 1. The Kier molecular flexibility index (Phi) is 9.58. The highest BCUT2D eigenvalue weighted by Gasteiger charge is 2.50. The van der Waals surface area contributed by atoms with Crippen molar-refractivity contribution < 1.29 is 33.3 Å². The van der Waals surface area contributed by atoms with E-state index >= 15 is 4.39 Å². The fraction of sp³-hybridized carbons (Fsp3) is 0.472. The molecule has 3 heterocycles. The van der Waals surface area contributed by atoms with Gasteiger partial charge in [-0.15, -0.1) is 0 Å². The van der Waals surface area contributed by atoms with Crippen LogP contribution in [-0.2, 0) is 33.7 Å². The lowest BCUT2D eigenvalue weighted by atomic mass is 9.83. The molecule has 5 rings (SSSR count). The molecule has 0 saturated carbocycles.